The van der Waals surface area contributed by atoms with Crippen LogP contribution in [0.15, 0.2) is 75.0 Å². The summed E-state index contributed by atoms with van der Waals surface area (Å²) in [6.07, 6.45) is 4.20. The van der Waals surface area contributed by atoms with Gasteiger partial charge in [0.05, 0.1) is 29.6 Å². The molecule has 1 aliphatic rings. The Balaban J connectivity index is 1.49. The number of aromatic nitrogens is 2. The number of nitrogens with zero attached hydrogens (tertiary/aromatic N) is 4. The van der Waals surface area contributed by atoms with Crippen molar-refractivity contribution >= 4 is 33.8 Å². The molecule has 0 bridgehead atoms. The molecule has 0 saturated carbocycles. The minimum absolute atomic E-state index is 0.257. The van der Waals surface area contributed by atoms with Gasteiger partial charge in [-0.25, -0.2) is 4.98 Å². The molecule has 5 aromatic rings. The Kier molecular flexibility index (Phi) is 5.75. The number of hydrogen-bond donors (Lipinski definition) is 0. The highest BCUT2D eigenvalue weighted by Gasteiger charge is 2.19. The fraction of sp³-hybridized carbons (Fsp3) is 0.233. The van der Waals surface area contributed by atoms with Crippen LogP contribution < -0.4 is 15.2 Å². The number of ether oxygens (including phenoxy) is 1. The molecule has 0 radical (unpaired) electrons. The average molecular weight is 493 g/mol. The Labute approximate surface area is 214 Å². The van der Waals surface area contributed by atoms with E-state index in [-0.39, 0.29) is 5.56 Å². The molecule has 0 N–H and O–H groups in total. The quantitative estimate of drug-likeness (QED) is 0.285. The maximum Gasteiger partial charge on any atom is 0.282 e. The second-order valence-electron chi connectivity index (χ2n) is 9.41. The minimum Gasteiger partial charge on any atom is -0.496 e. The van der Waals surface area contributed by atoms with Gasteiger partial charge in [0.1, 0.15) is 11.3 Å². The highest BCUT2D eigenvalue weighted by atomic mass is 16.5. The third-order valence-corrected chi connectivity index (χ3v) is 7.28. The fourth-order valence-electron chi connectivity index (χ4n) is 5.10. The first-order valence-electron chi connectivity index (χ1n) is 12.5. The summed E-state index contributed by atoms with van der Waals surface area (Å²) < 4.78 is 13.0. The summed E-state index contributed by atoms with van der Waals surface area (Å²) in [5.74, 6) is 1.47. The summed E-state index contributed by atoms with van der Waals surface area (Å²) in [4.78, 5) is 20.8. The van der Waals surface area contributed by atoms with E-state index in [9.17, 15) is 4.79 Å². The van der Waals surface area contributed by atoms with E-state index in [1.54, 1.807) is 19.4 Å². The van der Waals surface area contributed by atoms with Crippen molar-refractivity contribution in [1.29, 1.82) is 0 Å². The molecule has 1 aliphatic heterocycles. The highest BCUT2D eigenvalue weighted by Crippen LogP contribution is 2.33. The predicted octanol–water partition coefficient (Wildman–Crippen LogP) is 5.92. The Bertz CT molecular complexity index is 1730. The second kappa shape index (κ2) is 9.24. The van der Waals surface area contributed by atoms with Crippen LogP contribution in [0.2, 0.25) is 0 Å². The lowest BCUT2D eigenvalue weighted by Gasteiger charge is -2.22. The molecule has 0 atom stereocenters. The van der Waals surface area contributed by atoms with Crippen LogP contribution in [-0.4, -0.2) is 36.1 Å². The number of benzene rings is 3. The van der Waals surface area contributed by atoms with E-state index in [0.717, 1.165) is 29.6 Å². The molecule has 7 heteroatoms. The minimum atomic E-state index is -0.257. The maximum absolute atomic E-state index is 13.6. The molecule has 0 unspecified atom stereocenters. The second-order valence-corrected chi connectivity index (χ2v) is 9.41. The number of fused-ring (bicyclic) bond motifs is 2. The fourth-order valence-corrected chi connectivity index (χ4v) is 5.10. The van der Waals surface area contributed by atoms with Gasteiger partial charge in [0, 0.05) is 18.8 Å². The SMILES string of the molecule is COc1cccc2oc(-c3nc4ccccc4c(=O)n3N=Cc3ccc(N4CCCC4)c(C)c3C)cc12. The number of para-hydroxylation sites is 1. The van der Waals surface area contributed by atoms with E-state index in [4.69, 9.17) is 14.1 Å². The first-order valence-corrected chi connectivity index (χ1v) is 12.5. The van der Waals surface area contributed by atoms with E-state index in [0.29, 0.717) is 33.8 Å². The number of furan rings is 1. The third kappa shape index (κ3) is 3.96. The molecule has 7 nitrogen and oxygen atoms in total. The van der Waals surface area contributed by atoms with Crippen molar-refractivity contribution in [2.24, 2.45) is 5.10 Å². The van der Waals surface area contributed by atoms with E-state index in [1.165, 1.54) is 28.8 Å². The van der Waals surface area contributed by atoms with Crippen molar-refractivity contribution in [3.05, 3.63) is 87.7 Å². The van der Waals surface area contributed by atoms with Crippen molar-refractivity contribution in [2.75, 3.05) is 25.1 Å². The predicted molar refractivity (Wildman–Crippen MR) is 148 cm³/mol. The van der Waals surface area contributed by atoms with E-state index in [1.807, 2.05) is 42.5 Å². The summed E-state index contributed by atoms with van der Waals surface area (Å²) in [5.41, 5.74) is 5.59. The van der Waals surface area contributed by atoms with Crippen LogP contribution in [0.5, 0.6) is 5.75 Å². The summed E-state index contributed by atoms with van der Waals surface area (Å²) in [6.45, 7) is 6.44. The van der Waals surface area contributed by atoms with Gasteiger partial charge in [-0.1, -0.05) is 24.3 Å². The number of rotatable bonds is 5. The summed E-state index contributed by atoms with van der Waals surface area (Å²) in [7, 11) is 1.62. The number of methoxy groups -OCH3 is 1. The molecule has 0 amide bonds. The topological polar surface area (TPSA) is 72.9 Å². The zero-order chi connectivity index (χ0) is 25.5. The van der Waals surface area contributed by atoms with Gasteiger partial charge in [-0.2, -0.15) is 9.78 Å². The van der Waals surface area contributed by atoms with Crippen LogP contribution in [0.3, 0.4) is 0 Å². The molecule has 0 aliphatic carbocycles. The summed E-state index contributed by atoms with van der Waals surface area (Å²) >= 11 is 0. The Hall–Kier alpha value is -4.39. The van der Waals surface area contributed by atoms with Gasteiger partial charge in [0.25, 0.3) is 5.56 Å². The lowest BCUT2D eigenvalue weighted by Crippen LogP contribution is -2.20. The summed E-state index contributed by atoms with van der Waals surface area (Å²) in [5, 5.41) is 5.96. The molecule has 3 heterocycles. The molecule has 6 rings (SSSR count). The van der Waals surface area contributed by atoms with Gasteiger partial charge < -0.3 is 14.1 Å². The first-order chi connectivity index (χ1) is 18.0. The molecule has 1 fully saturated rings. The van der Waals surface area contributed by atoms with Gasteiger partial charge >= 0.3 is 0 Å². The van der Waals surface area contributed by atoms with Gasteiger partial charge in [0.15, 0.2) is 5.76 Å². The van der Waals surface area contributed by atoms with Crippen LogP contribution in [-0.2, 0) is 0 Å². The van der Waals surface area contributed by atoms with Crippen LogP contribution in [0.4, 0.5) is 5.69 Å². The zero-order valence-electron chi connectivity index (χ0n) is 21.2. The van der Waals surface area contributed by atoms with Crippen molar-refractivity contribution < 1.29 is 9.15 Å². The van der Waals surface area contributed by atoms with Crippen molar-refractivity contribution in [1.82, 2.24) is 9.66 Å². The van der Waals surface area contributed by atoms with Crippen molar-refractivity contribution in [2.45, 2.75) is 26.7 Å². The molecular formula is C30H28N4O3. The van der Waals surface area contributed by atoms with E-state index in [2.05, 4.69) is 36.0 Å². The Morgan fingerprint density at radius 3 is 2.59 bits per heavy atom. The molecule has 186 valence electrons. The third-order valence-electron chi connectivity index (χ3n) is 7.28. The van der Waals surface area contributed by atoms with Gasteiger partial charge in [-0.3, -0.25) is 4.79 Å². The molecule has 1 saturated heterocycles. The van der Waals surface area contributed by atoms with Crippen LogP contribution in [0, 0.1) is 13.8 Å². The molecule has 0 spiro atoms. The van der Waals surface area contributed by atoms with Crippen molar-refractivity contribution in [3.63, 3.8) is 0 Å². The van der Waals surface area contributed by atoms with Gasteiger partial charge in [0.2, 0.25) is 5.82 Å². The van der Waals surface area contributed by atoms with E-state index >= 15 is 0 Å². The van der Waals surface area contributed by atoms with Gasteiger partial charge in [-0.05, 0) is 79.8 Å². The monoisotopic (exact) mass is 492 g/mol. The maximum atomic E-state index is 13.6. The van der Waals surface area contributed by atoms with E-state index < -0.39 is 0 Å². The smallest absolute Gasteiger partial charge is 0.282 e. The average Bonchev–Trinajstić information content (AvgIpc) is 3.60. The largest absolute Gasteiger partial charge is 0.496 e. The highest BCUT2D eigenvalue weighted by molar-refractivity contribution is 5.89. The normalized spacial score (nSPS) is 13.9. The van der Waals surface area contributed by atoms with Crippen LogP contribution in [0.25, 0.3) is 33.5 Å². The molecular weight excluding hydrogens is 464 g/mol. The lowest BCUT2D eigenvalue weighted by molar-refractivity contribution is 0.419. The van der Waals surface area contributed by atoms with Crippen LogP contribution >= 0.6 is 0 Å². The molecule has 2 aromatic heterocycles. The van der Waals surface area contributed by atoms with Crippen LogP contribution in [0.1, 0.15) is 29.5 Å². The van der Waals surface area contributed by atoms with Crippen molar-refractivity contribution in [3.8, 4) is 17.3 Å². The Morgan fingerprint density at radius 2 is 1.78 bits per heavy atom. The van der Waals surface area contributed by atoms with Gasteiger partial charge in [-0.15, -0.1) is 0 Å². The number of hydrogen-bond acceptors (Lipinski definition) is 6. The summed E-state index contributed by atoms with van der Waals surface area (Å²) in [6, 6.07) is 19.0. The first kappa shape index (κ1) is 23.0. The standard InChI is InChI=1S/C30H28N4O3/c1-19-20(2)25(33-15-6-7-16-33)14-13-21(19)18-31-34-29(32-24-10-5-4-9-22(24)30(34)35)28-17-23-26(36-3)11-8-12-27(23)37-28/h4-5,8-14,17-18H,6-7,15-16H2,1-3H3. The lowest BCUT2D eigenvalue weighted by atomic mass is 10.0. The Morgan fingerprint density at radius 1 is 0.973 bits per heavy atom. The molecule has 37 heavy (non-hydrogen) atoms. The zero-order valence-corrected chi connectivity index (χ0v) is 21.2. The number of anilines is 1. The molecule has 3 aromatic carbocycles.